The van der Waals surface area contributed by atoms with E-state index in [9.17, 15) is 9.90 Å². The summed E-state index contributed by atoms with van der Waals surface area (Å²) in [5.41, 5.74) is 2.77. The van der Waals surface area contributed by atoms with Crippen molar-refractivity contribution in [2.24, 2.45) is 0 Å². The summed E-state index contributed by atoms with van der Waals surface area (Å²) in [4.78, 5) is 16.0. The van der Waals surface area contributed by atoms with Gasteiger partial charge in [0.25, 0.3) is 5.91 Å². The fourth-order valence-electron chi connectivity index (χ4n) is 2.15. The Balaban J connectivity index is 2.06. The zero-order valence-electron chi connectivity index (χ0n) is 11.1. The van der Waals surface area contributed by atoms with Crippen LogP contribution in [0, 0.1) is 0 Å². The molecule has 1 aliphatic heterocycles. The molecule has 0 unspecified atom stereocenters. The Hall–Kier alpha value is -1.82. The van der Waals surface area contributed by atoms with Crippen molar-refractivity contribution in [2.75, 3.05) is 20.2 Å². The first-order valence-electron chi connectivity index (χ1n) is 6.50. The highest BCUT2D eigenvalue weighted by Gasteiger charge is 2.19. The Bertz CT molecular complexity index is 443. The number of carbonyl (C=O) groups excluding carboxylic acids is 1. The van der Waals surface area contributed by atoms with E-state index in [0.29, 0.717) is 0 Å². The predicted octanol–water partition coefficient (Wildman–Crippen LogP) is 1.32. The largest absolute Gasteiger partial charge is 0.503 e. The summed E-state index contributed by atoms with van der Waals surface area (Å²) in [7, 11) is 1.44. The van der Waals surface area contributed by atoms with Crippen LogP contribution in [0.1, 0.15) is 36.2 Å². The molecule has 1 aromatic rings. The highest BCUT2D eigenvalue weighted by atomic mass is 16.5. The number of rotatable bonds is 3. The summed E-state index contributed by atoms with van der Waals surface area (Å²) in [6.07, 6.45) is 5.95. The second-order valence-corrected chi connectivity index (χ2v) is 4.55. The van der Waals surface area contributed by atoms with Gasteiger partial charge in [0.05, 0.1) is 7.11 Å². The number of hydrazine groups is 1. The Morgan fingerprint density at radius 3 is 2.68 bits per heavy atom. The maximum atomic E-state index is 12.1. The quantitative estimate of drug-likeness (QED) is 0.862. The van der Waals surface area contributed by atoms with E-state index in [0.717, 1.165) is 25.9 Å². The molecule has 0 atom stereocenters. The molecule has 0 aliphatic carbocycles. The Morgan fingerprint density at radius 1 is 1.37 bits per heavy atom. The molecule has 104 valence electrons. The van der Waals surface area contributed by atoms with Crippen LogP contribution in [0.5, 0.6) is 11.5 Å². The number of aromatic hydroxyl groups is 1. The Kier molecular flexibility index (Phi) is 4.57. The van der Waals surface area contributed by atoms with Gasteiger partial charge >= 0.3 is 0 Å². The Morgan fingerprint density at radius 2 is 2.05 bits per heavy atom. The van der Waals surface area contributed by atoms with Gasteiger partial charge in [0, 0.05) is 25.4 Å². The van der Waals surface area contributed by atoms with Crippen LogP contribution < -0.4 is 10.2 Å². The number of ether oxygens (including phenoxy) is 1. The summed E-state index contributed by atoms with van der Waals surface area (Å²) in [6, 6.07) is 1.51. The van der Waals surface area contributed by atoms with Gasteiger partial charge in [0.2, 0.25) is 0 Å². The second-order valence-electron chi connectivity index (χ2n) is 4.55. The van der Waals surface area contributed by atoms with Crippen LogP contribution in [0.3, 0.4) is 0 Å². The van der Waals surface area contributed by atoms with Gasteiger partial charge in [-0.05, 0) is 12.8 Å². The van der Waals surface area contributed by atoms with Crippen LogP contribution >= 0.6 is 0 Å². The fourth-order valence-corrected chi connectivity index (χ4v) is 2.15. The number of carbonyl (C=O) groups is 1. The number of aromatic nitrogens is 1. The lowest BCUT2D eigenvalue weighted by molar-refractivity contribution is 0.0785. The van der Waals surface area contributed by atoms with E-state index in [1.807, 2.05) is 5.01 Å². The molecule has 6 nitrogen and oxygen atoms in total. The molecule has 0 saturated carbocycles. The van der Waals surface area contributed by atoms with Gasteiger partial charge in [-0.25, -0.2) is 9.99 Å². The molecule has 6 heteroatoms. The third kappa shape index (κ3) is 3.35. The minimum absolute atomic E-state index is 0.0106. The molecule has 1 saturated heterocycles. The molecule has 0 aromatic carbocycles. The molecule has 2 heterocycles. The normalized spacial score (nSPS) is 16.7. The molecule has 1 aromatic heterocycles. The van der Waals surface area contributed by atoms with E-state index in [-0.39, 0.29) is 17.2 Å². The van der Waals surface area contributed by atoms with E-state index < -0.39 is 5.91 Å². The van der Waals surface area contributed by atoms with E-state index in [1.54, 1.807) is 0 Å². The first-order valence-corrected chi connectivity index (χ1v) is 6.50. The predicted molar refractivity (Wildman–Crippen MR) is 70.0 cm³/mol. The smallest absolute Gasteiger partial charge is 0.288 e. The SMILES string of the molecule is COc1ccnc(C(=O)NN2CCCCCC2)c1O. The van der Waals surface area contributed by atoms with Gasteiger partial charge in [-0.3, -0.25) is 10.2 Å². The lowest BCUT2D eigenvalue weighted by atomic mass is 10.2. The van der Waals surface area contributed by atoms with Crippen LogP contribution in [0.2, 0.25) is 0 Å². The summed E-state index contributed by atoms with van der Waals surface area (Å²) in [5, 5.41) is 11.8. The molecular formula is C13H19N3O3. The third-order valence-electron chi connectivity index (χ3n) is 3.19. The van der Waals surface area contributed by atoms with Gasteiger partial charge in [-0.15, -0.1) is 0 Å². The van der Waals surface area contributed by atoms with E-state index in [2.05, 4.69) is 10.4 Å². The number of amides is 1. The minimum Gasteiger partial charge on any atom is -0.503 e. The number of methoxy groups -OCH3 is 1. The molecule has 2 rings (SSSR count). The van der Waals surface area contributed by atoms with Crippen molar-refractivity contribution in [1.82, 2.24) is 15.4 Å². The van der Waals surface area contributed by atoms with Crippen LogP contribution in [0.15, 0.2) is 12.3 Å². The summed E-state index contributed by atoms with van der Waals surface area (Å²) >= 11 is 0. The van der Waals surface area contributed by atoms with Gasteiger partial charge < -0.3 is 9.84 Å². The van der Waals surface area contributed by atoms with E-state index in [4.69, 9.17) is 4.74 Å². The first-order chi connectivity index (χ1) is 9.22. The molecule has 0 spiro atoms. The summed E-state index contributed by atoms with van der Waals surface area (Å²) in [6.45, 7) is 1.66. The molecule has 19 heavy (non-hydrogen) atoms. The summed E-state index contributed by atoms with van der Waals surface area (Å²) < 4.78 is 4.96. The molecule has 1 fully saturated rings. The molecule has 1 amide bonds. The average molecular weight is 265 g/mol. The number of hydrogen-bond donors (Lipinski definition) is 2. The maximum absolute atomic E-state index is 12.1. The van der Waals surface area contributed by atoms with Crippen molar-refractivity contribution < 1.29 is 14.6 Å². The lowest BCUT2D eigenvalue weighted by Crippen LogP contribution is -2.43. The molecular weight excluding hydrogens is 246 g/mol. The maximum Gasteiger partial charge on any atom is 0.288 e. The molecule has 1 aliphatic rings. The van der Waals surface area contributed by atoms with Gasteiger partial charge in [-0.1, -0.05) is 12.8 Å². The zero-order valence-corrected chi connectivity index (χ0v) is 11.1. The summed E-state index contributed by atoms with van der Waals surface area (Å²) in [5.74, 6) is -0.383. The van der Waals surface area contributed by atoms with Crippen LogP contribution in [0.4, 0.5) is 0 Å². The molecule has 0 bridgehead atoms. The second kappa shape index (κ2) is 6.38. The highest BCUT2D eigenvalue weighted by molar-refractivity contribution is 5.95. The highest BCUT2D eigenvalue weighted by Crippen LogP contribution is 2.27. The topological polar surface area (TPSA) is 74.7 Å². The van der Waals surface area contributed by atoms with Gasteiger partial charge in [0.1, 0.15) is 0 Å². The van der Waals surface area contributed by atoms with Crippen molar-refractivity contribution in [3.05, 3.63) is 18.0 Å². The molecule has 2 N–H and O–H groups in total. The number of pyridine rings is 1. The van der Waals surface area contributed by atoms with Gasteiger partial charge in [0.15, 0.2) is 17.2 Å². The number of nitrogens with one attached hydrogen (secondary N) is 1. The monoisotopic (exact) mass is 265 g/mol. The molecule has 0 radical (unpaired) electrons. The van der Waals surface area contributed by atoms with Crippen LogP contribution in [-0.2, 0) is 0 Å². The standard InChI is InChI=1S/C13H19N3O3/c1-19-10-6-7-14-11(12(10)17)13(18)15-16-8-4-2-3-5-9-16/h6-7,17H,2-5,8-9H2,1H3,(H,15,18). The minimum atomic E-state index is -0.404. The fraction of sp³-hybridized carbons (Fsp3) is 0.538. The van der Waals surface area contributed by atoms with E-state index in [1.165, 1.54) is 32.2 Å². The zero-order chi connectivity index (χ0) is 13.7. The van der Waals surface area contributed by atoms with Crippen molar-refractivity contribution in [1.29, 1.82) is 0 Å². The van der Waals surface area contributed by atoms with Crippen molar-refractivity contribution >= 4 is 5.91 Å². The average Bonchev–Trinajstić information content (AvgIpc) is 2.67. The van der Waals surface area contributed by atoms with Crippen molar-refractivity contribution in [3.63, 3.8) is 0 Å². The van der Waals surface area contributed by atoms with E-state index >= 15 is 0 Å². The van der Waals surface area contributed by atoms with Crippen molar-refractivity contribution in [3.8, 4) is 11.5 Å². The van der Waals surface area contributed by atoms with Crippen molar-refractivity contribution in [2.45, 2.75) is 25.7 Å². The van der Waals surface area contributed by atoms with Gasteiger partial charge in [-0.2, -0.15) is 0 Å². The first kappa shape index (κ1) is 13.6. The lowest BCUT2D eigenvalue weighted by Gasteiger charge is -2.20. The number of nitrogens with zero attached hydrogens (tertiary/aromatic N) is 2. The van der Waals surface area contributed by atoms with Crippen LogP contribution in [0.25, 0.3) is 0 Å². The number of hydrogen-bond acceptors (Lipinski definition) is 5. The Labute approximate surface area is 112 Å². The third-order valence-corrected chi connectivity index (χ3v) is 3.19. The van der Waals surface area contributed by atoms with Crippen LogP contribution in [-0.4, -0.2) is 41.2 Å².